The smallest absolute Gasteiger partial charge is 0.264 e. The highest BCUT2D eigenvalue weighted by molar-refractivity contribution is 7.33. The van der Waals surface area contributed by atoms with Crippen LogP contribution in [0.5, 0.6) is 0 Å². The van der Waals surface area contributed by atoms with E-state index in [0.29, 0.717) is 0 Å². The Morgan fingerprint density at radius 3 is 1.68 bits per heavy atom. The average Bonchev–Trinajstić information content (AvgIpc) is 3.30. The first-order valence-electron chi connectivity index (χ1n) is 30.7. The molecule has 8 aliphatic rings. The van der Waals surface area contributed by atoms with E-state index in [1.807, 2.05) is 0 Å². The molecule has 15 rings (SSSR count). The summed E-state index contributed by atoms with van der Waals surface area (Å²) in [6.45, 7) is 42.0. The molecule has 5 heteroatoms. The van der Waals surface area contributed by atoms with E-state index < -0.39 is 0 Å². The quantitative estimate of drug-likeness (QED) is 0.163. The second kappa shape index (κ2) is 16.3. The second-order valence-corrected chi connectivity index (χ2v) is 32.9. The van der Waals surface area contributed by atoms with Crippen molar-refractivity contribution in [3.8, 4) is 0 Å². The molecule has 1 aromatic heterocycles. The van der Waals surface area contributed by atoms with Gasteiger partial charge in [-0.2, -0.15) is 0 Å². The summed E-state index contributed by atoms with van der Waals surface area (Å²) in [4.78, 5) is 8.46. The minimum atomic E-state index is -0.120. The van der Waals surface area contributed by atoms with Crippen LogP contribution in [0.3, 0.4) is 0 Å². The fraction of sp³-hybridized carbons (Fsp3) is 0.486. The Labute approximate surface area is 479 Å². The number of hydrogen-bond donors (Lipinski definition) is 0. The van der Waals surface area contributed by atoms with Gasteiger partial charge in [-0.05, 0) is 212 Å². The van der Waals surface area contributed by atoms with Crippen molar-refractivity contribution in [2.45, 2.75) is 231 Å². The largest absolute Gasteiger partial charge is 0.334 e. The molecular formula is C74H88BN3S. The van der Waals surface area contributed by atoms with Crippen LogP contribution in [0, 0.1) is 0 Å². The first-order chi connectivity index (χ1) is 37.0. The average molecular weight is 1060 g/mol. The number of para-hydroxylation sites is 1. The van der Waals surface area contributed by atoms with Gasteiger partial charge < -0.3 is 14.7 Å². The SMILES string of the molecule is CC(C)(C)c1cc(N2c3ccc(C(C)(C)C)cc3B3c4sc5cc6c(cc5c4N(c4ccc5c(c4)C(C)(C)CCC5(C)C)c4cc(N5c7ccccc7C7(C)CCCCC57C)cc2c43)C2(C)CCC6(C)CC2)cc(C(C)(C)C)c1. The van der Waals surface area contributed by atoms with Crippen molar-refractivity contribution < 1.29 is 0 Å². The highest BCUT2D eigenvalue weighted by Crippen LogP contribution is 2.63. The zero-order chi connectivity index (χ0) is 55.7. The number of fused-ring (bicyclic) bond motifs is 12. The van der Waals surface area contributed by atoms with E-state index in [4.69, 9.17) is 0 Å². The molecule has 2 saturated carbocycles. The highest BCUT2D eigenvalue weighted by atomic mass is 32.1. The van der Waals surface area contributed by atoms with E-state index in [1.165, 1.54) is 162 Å². The van der Waals surface area contributed by atoms with E-state index in [0.717, 1.165) is 6.42 Å². The zero-order valence-corrected chi connectivity index (χ0v) is 52.0. The molecule has 408 valence electrons. The van der Waals surface area contributed by atoms with Crippen LogP contribution in [0.2, 0.25) is 0 Å². The molecule has 3 nitrogen and oxygen atoms in total. The van der Waals surface area contributed by atoms with E-state index in [9.17, 15) is 0 Å². The topological polar surface area (TPSA) is 9.72 Å². The van der Waals surface area contributed by atoms with Gasteiger partial charge in [0.2, 0.25) is 0 Å². The Kier molecular flexibility index (Phi) is 10.7. The van der Waals surface area contributed by atoms with Crippen LogP contribution in [-0.4, -0.2) is 12.3 Å². The van der Waals surface area contributed by atoms with Gasteiger partial charge in [-0.1, -0.05) is 166 Å². The van der Waals surface area contributed by atoms with Crippen LogP contribution in [0.15, 0.2) is 103 Å². The molecule has 0 N–H and O–H groups in total. The molecule has 0 amide bonds. The molecule has 3 aliphatic heterocycles. The summed E-state index contributed by atoms with van der Waals surface area (Å²) in [5, 5.41) is 1.44. The van der Waals surface area contributed by atoms with Gasteiger partial charge in [0, 0.05) is 60.1 Å². The lowest BCUT2D eigenvalue weighted by Gasteiger charge is -2.52. The van der Waals surface area contributed by atoms with Gasteiger partial charge in [0.05, 0.1) is 11.2 Å². The zero-order valence-electron chi connectivity index (χ0n) is 51.2. The molecule has 0 radical (unpaired) electrons. The van der Waals surface area contributed by atoms with Crippen molar-refractivity contribution in [1.82, 2.24) is 0 Å². The van der Waals surface area contributed by atoms with Crippen LogP contribution in [0.25, 0.3) is 10.1 Å². The first-order valence-corrected chi connectivity index (χ1v) is 31.5. The number of anilines is 8. The van der Waals surface area contributed by atoms with E-state index in [1.54, 1.807) is 11.1 Å². The molecular weight excluding hydrogens is 974 g/mol. The molecule has 6 aromatic carbocycles. The number of benzene rings is 6. The predicted molar refractivity (Wildman–Crippen MR) is 343 cm³/mol. The molecule has 2 atom stereocenters. The Balaban J connectivity index is 1.16. The van der Waals surface area contributed by atoms with Crippen LogP contribution in [0.1, 0.15) is 226 Å². The third kappa shape index (κ3) is 7.21. The lowest BCUT2D eigenvalue weighted by atomic mass is 9.36. The van der Waals surface area contributed by atoms with E-state index >= 15 is 0 Å². The standard InChI is InChI=1S/C74H88BN3S/c1-66(2,3)45-24-27-59-57(39-45)75-63-60(76(59)49-37-46(67(4,5)6)36-47(38-49)68(7,8)9)41-50(78-58-23-19-18-22-53(58)73(16)28-20-21-29-74(73,78)17)42-61(63)77(48-25-26-52-54(40-48)70(12,13)31-30-69(52,10)11)64-51-43-55-56(44-62(51)79-65(64)75)72(15)34-32-71(55,14)33-35-72/h18-19,22-27,36-44H,20-21,28-35H2,1-17H3. The molecule has 2 fully saturated rings. The Morgan fingerprint density at radius 1 is 0.443 bits per heavy atom. The highest BCUT2D eigenvalue weighted by Gasteiger charge is 2.58. The maximum Gasteiger partial charge on any atom is 0.264 e. The lowest BCUT2D eigenvalue weighted by Crippen LogP contribution is -2.61. The third-order valence-electron chi connectivity index (χ3n) is 22.7. The van der Waals surface area contributed by atoms with Gasteiger partial charge >= 0.3 is 0 Å². The minimum absolute atomic E-state index is 0.00826. The predicted octanol–water partition coefficient (Wildman–Crippen LogP) is 19.1. The summed E-state index contributed by atoms with van der Waals surface area (Å²) in [6, 6.07) is 43.4. The first kappa shape index (κ1) is 51.9. The maximum absolute atomic E-state index is 2.86. The molecule has 4 heterocycles. The Bertz CT molecular complexity index is 3710. The third-order valence-corrected chi connectivity index (χ3v) is 23.9. The number of hydrogen-bond acceptors (Lipinski definition) is 4. The fourth-order valence-corrected chi connectivity index (χ4v) is 18.3. The normalized spacial score (nSPS) is 26.1. The summed E-state index contributed by atoms with van der Waals surface area (Å²) < 4.78 is 2.94. The van der Waals surface area contributed by atoms with E-state index in [-0.39, 0.29) is 55.6 Å². The van der Waals surface area contributed by atoms with Crippen LogP contribution < -0.4 is 30.4 Å². The van der Waals surface area contributed by atoms with Gasteiger partial charge in [0.1, 0.15) is 0 Å². The summed E-state index contributed by atoms with van der Waals surface area (Å²) in [5.74, 6) is 0. The molecule has 79 heavy (non-hydrogen) atoms. The molecule has 0 spiro atoms. The molecule has 7 aromatic rings. The van der Waals surface area contributed by atoms with Crippen molar-refractivity contribution in [2.75, 3.05) is 14.7 Å². The maximum atomic E-state index is 2.86. The monoisotopic (exact) mass is 1060 g/mol. The molecule has 2 bridgehead atoms. The van der Waals surface area contributed by atoms with Gasteiger partial charge in [-0.3, -0.25) is 0 Å². The van der Waals surface area contributed by atoms with Crippen molar-refractivity contribution >= 4 is 89.3 Å². The summed E-state index contributed by atoms with van der Waals surface area (Å²) in [5.41, 5.74) is 25.7. The Morgan fingerprint density at radius 2 is 1.04 bits per heavy atom. The van der Waals surface area contributed by atoms with Crippen molar-refractivity contribution in [2.24, 2.45) is 0 Å². The lowest BCUT2D eigenvalue weighted by molar-refractivity contribution is 0.188. The minimum Gasteiger partial charge on any atom is -0.334 e. The number of nitrogens with zero attached hydrogens (tertiary/aromatic N) is 3. The summed E-state index contributed by atoms with van der Waals surface area (Å²) in [6.07, 6.45) is 12.3. The molecule has 2 unspecified atom stereocenters. The van der Waals surface area contributed by atoms with Crippen LogP contribution in [0.4, 0.5) is 45.5 Å². The molecule has 0 saturated heterocycles. The fourth-order valence-electron chi connectivity index (χ4n) is 17.0. The number of thiophene rings is 1. The van der Waals surface area contributed by atoms with Crippen LogP contribution in [-0.2, 0) is 43.3 Å². The van der Waals surface area contributed by atoms with E-state index in [2.05, 4.69) is 247 Å². The summed E-state index contributed by atoms with van der Waals surface area (Å²) in [7, 11) is 0. The number of rotatable bonds is 3. The van der Waals surface area contributed by atoms with Crippen molar-refractivity contribution in [3.63, 3.8) is 0 Å². The van der Waals surface area contributed by atoms with Gasteiger partial charge in [0.25, 0.3) is 6.71 Å². The summed E-state index contributed by atoms with van der Waals surface area (Å²) >= 11 is 2.11. The van der Waals surface area contributed by atoms with Crippen LogP contribution >= 0.6 is 11.3 Å². The van der Waals surface area contributed by atoms with Crippen molar-refractivity contribution in [1.29, 1.82) is 0 Å². The van der Waals surface area contributed by atoms with Gasteiger partial charge in [-0.15, -0.1) is 11.3 Å². The van der Waals surface area contributed by atoms with Crippen molar-refractivity contribution in [3.05, 3.63) is 148 Å². The van der Waals surface area contributed by atoms with Gasteiger partial charge in [-0.25, -0.2) is 0 Å². The molecule has 5 aliphatic carbocycles. The van der Waals surface area contributed by atoms with Gasteiger partial charge in [0.15, 0.2) is 0 Å². The second-order valence-electron chi connectivity index (χ2n) is 31.8. The Hall–Kier alpha value is -5.26.